The lowest BCUT2D eigenvalue weighted by Crippen LogP contribution is -2.22. The van der Waals surface area contributed by atoms with Crippen molar-refractivity contribution in [2.24, 2.45) is 9.50 Å². The van der Waals surface area contributed by atoms with E-state index in [4.69, 9.17) is 5.14 Å². The number of anilines is 1. The first-order chi connectivity index (χ1) is 14.4. The zero-order valence-corrected chi connectivity index (χ0v) is 19.8. The van der Waals surface area contributed by atoms with E-state index in [0.29, 0.717) is 18.4 Å². The zero-order chi connectivity index (χ0) is 24.3. The van der Waals surface area contributed by atoms with Crippen LogP contribution in [0.25, 0.3) is 0 Å². The SMILES string of the molecule is Cc1c(C(F)(F)F)nc2c(c1NC(=O)N=S(N)(=O)c1cnc(C(C)(C)O)s1)CCC2(C)C. The fourth-order valence-electron chi connectivity index (χ4n) is 3.51. The van der Waals surface area contributed by atoms with Gasteiger partial charge in [0.2, 0.25) is 0 Å². The van der Waals surface area contributed by atoms with Crippen molar-refractivity contribution in [3.05, 3.63) is 33.7 Å². The second kappa shape index (κ2) is 7.75. The molecule has 1 aliphatic rings. The molecule has 8 nitrogen and oxygen atoms in total. The number of aliphatic hydroxyl groups is 1. The Morgan fingerprint density at radius 3 is 2.53 bits per heavy atom. The summed E-state index contributed by atoms with van der Waals surface area (Å²) in [5.41, 5.74) is -2.53. The summed E-state index contributed by atoms with van der Waals surface area (Å²) in [5, 5.41) is 18.3. The van der Waals surface area contributed by atoms with Gasteiger partial charge in [-0.3, -0.25) is 0 Å². The molecule has 2 aromatic rings. The van der Waals surface area contributed by atoms with Crippen LogP contribution < -0.4 is 10.5 Å². The molecule has 0 aliphatic heterocycles. The van der Waals surface area contributed by atoms with Gasteiger partial charge < -0.3 is 10.4 Å². The predicted molar refractivity (Wildman–Crippen MR) is 115 cm³/mol. The highest BCUT2D eigenvalue weighted by molar-refractivity contribution is 7.93. The maximum absolute atomic E-state index is 13.6. The van der Waals surface area contributed by atoms with Crippen LogP contribution in [-0.2, 0) is 33.5 Å². The summed E-state index contributed by atoms with van der Waals surface area (Å²) >= 11 is 0.830. The number of hydrogen-bond acceptors (Lipinski definition) is 6. The van der Waals surface area contributed by atoms with Crippen molar-refractivity contribution in [3.8, 4) is 0 Å². The number of nitrogens with two attached hydrogens (primary N) is 1. The first-order valence-corrected chi connectivity index (χ1v) is 12.0. The Labute approximate surface area is 187 Å². The molecule has 0 spiro atoms. The van der Waals surface area contributed by atoms with Crippen LogP contribution in [0.4, 0.5) is 23.7 Å². The molecule has 0 bridgehead atoms. The number of rotatable bonds is 3. The Bertz CT molecular complexity index is 1210. The van der Waals surface area contributed by atoms with E-state index < -0.39 is 38.8 Å². The number of amides is 2. The number of urea groups is 1. The van der Waals surface area contributed by atoms with E-state index in [1.54, 1.807) is 13.8 Å². The van der Waals surface area contributed by atoms with Crippen LogP contribution in [0.1, 0.15) is 61.6 Å². The maximum atomic E-state index is 13.6. The van der Waals surface area contributed by atoms with Crippen molar-refractivity contribution in [2.75, 3.05) is 5.32 Å². The average molecular weight is 492 g/mol. The van der Waals surface area contributed by atoms with E-state index >= 15 is 0 Å². The Morgan fingerprint density at radius 2 is 2.00 bits per heavy atom. The van der Waals surface area contributed by atoms with Gasteiger partial charge in [0.05, 0.1) is 17.6 Å². The molecule has 0 saturated heterocycles. The van der Waals surface area contributed by atoms with E-state index in [1.807, 2.05) is 0 Å². The van der Waals surface area contributed by atoms with E-state index in [0.717, 1.165) is 17.5 Å². The number of halogens is 3. The molecule has 176 valence electrons. The van der Waals surface area contributed by atoms with Gasteiger partial charge in [-0.15, -0.1) is 15.7 Å². The smallest absolute Gasteiger partial charge is 0.383 e. The molecule has 0 aromatic carbocycles. The molecule has 32 heavy (non-hydrogen) atoms. The molecule has 2 heterocycles. The quantitative estimate of drug-likeness (QED) is 0.591. The first-order valence-electron chi connectivity index (χ1n) is 9.59. The fourth-order valence-corrected chi connectivity index (χ4v) is 5.57. The molecule has 3 rings (SSSR count). The molecule has 0 radical (unpaired) electrons. The van der Waals surface area contributed by atoms with Crippen LogP contribution >= 0.6 is 11.3 Å². The normalized spacial score (nSPS) is 17.6. The van der Waals surface area contributed by atoms with Gasteiger partial charge in [0.1, 0.15) is 20.5 Å². The summed E-state index contributed by atoms with van der Waals surface area (Å²) in [4.78, 5) is 20.4. The maximum Gasteiger partial charge on any atom is 0.433 e. The standard InChI is InChI=1S/C19H24F3N5O3S2/c1-9-12(10-6-7-17(2,3)14(10)26-13(9)19(20,21)22)25-16(28)27-32(23,30)11-8-24-15(31-11)18(4,5)29/h8,29H,6-7H2,1-5H3,(H3,23,25,26,27,28,30). The Morgan fingerprint density at radius 1 is 1.38 bits per heavy atom. The summed E-state index contributed by atoms with van der Waals surface area (Å²) in [5.74, 6) is 0. The van der Waals surface area contributed by atoms with Crippen molar-refractivity contribution < 1.29 is 27.3 Å². The minimum atomic E-state index is -4.72. The average Bonchev–Trinajstić information content (AvgIpc) is 3.21. The van der Waals surface area contributed by atoms with Gasteiger partial charge in [-0.05, 0) is 39.2 Å². The van der Waals surface area contributed by atoms with Crippen LogP contribution in [0.2, 0.25) is 0 Å². The molecule has 1 aliphatic carbocycles. The third kappa shape index (κ3) is 4.65. The molecular formula is C19H24F3N5O3S2. The molecule has 1 unspecified atom stereocenters. The third-order valence-corrected chi connectivity index (χ3v) is 8.39. The first kappa shape index (κ1) is 24.6. The molecular weight excluding hydrogens is 467 g/mol. The van der Waals surface area contributed by atoms with Crippen molar-refractivity contribution in [3.63, 3.8) is 0 Å². The minimum Gasteiger partial charge on any atom is -0.383 e. The summed E-state index contributed by atoms with van der Waals surface area (Å²) in [6.45, 7) is 7.74. The number of hydrogen-bond donors (Lipinski definition) is 3. The Kier molecular flexibility index (Phi) is 5.94. The zero-order valence-electron chi connectivity index (χ0n) is 18.1. The van der Waals surface area contributed by atoms with Crippen molar-refractivity contribution in [1.82, 2.24) is 9.97 Å². The highest BCUT2D eigenvalue weighted by Gasteiger charge is 2.41. The minimum absolute atomic E-state index is 0.0430. The molecule has 2 amide bonds. The second-order valence-electron chi connectivity index (χ2n) is 8.80. The number of thiazole rings is 1. The molecule has 0 saturated carbocycles. The molecule has 1 atom stereocenters. The van der Waals surface area contributed by atoms with Crippen molar-refractivity contribution in [2.45, 2.75) is 68.9 Å². The number of nitrogens with zero attached hydrogens (tertiary/aromatic N) is 3. The van der Waals surface area contributed by atoms with E-state index in [2.05, 4.69) is 19.6 Å². The molecule has 4 N–H and O–H groups in total. The van der Waals surface area contributed by atoms with Gasteiger partial charge in [-0.25, -0.2) is 24.1 Å². The van der Waals surface area contributed by atoms with Crippen LogP contribution in [0, 0.1) is 6.92 Å². The Hall–Kier alpha value is -2.09. The third-order valence-electron chi connectivity index (χ3n) is 5.20. The van der Waals surface area contributed by atoms with Crippen LogP contribution in [0.15, 0.2) is 14.8 Å². The molecule has 2 aromatic heterocycles. The number of carbonyl (C=O) groups is 1. The van der Waals surface area contributed by atoms with E-state index in [1.165, 1.54) is 20.8 Å². The van der Waals surface area contributed by atoms with Crippen LogP contribution in [0.3, 0.4) is 0 Å². The van der Waals surface area contributed by atoms with Crippen LogP contribution in [-0.4, -0.2) is 25.3 Å². The van der Waals surface area contributed by atoms with Gasteiger partial charge in [0.15, 0.2) is 9.92 Å². The largest absolute Gasteiger partial charge is 0.433 e. The van der Waals surface area contributed by atoms with Crippen molar-refractivity contribution in [1.29, 1.82) is 0 Å². The van der Waals surface area contributed by atoms with Crippen molar-refractivity contribution >= 4 is 33.0 Å². The number of nitrogens with one attached hydrogen (secondary N) is 1. The highest BCUT2D eigenvalue weighted by Crippen LogP contribution is 2.45. The topological polar surface area (TPSA) is 131 Å². The lowest BCUT2D eigenvalue weighted by molar-refractivity contribution is -0.141. The Balaban J connectivity index is 2.04. The summed E-state index contributed by atoms with van der Waals surface area (Å²) < 4.78 is 57.0. The molecule has 13 heteroatoms. The van der Waals surface area contributed by atoms with E-state index in [-0.39, 0.29) is 26.2 Å². The monoisotopic (exact) mass is 491 g/mol. The summed E-state index contributed by atoms with van der Waals surface area (Å²) in [6.07, 6.45) is -2.58. The van der Waals surface area contributed by atoms with Gasteiger partial charge in [-0.1, -0.05) is 13.8 Å². The van der Waals surface area contributed by atoms with E-state index in [9.17, 15) is 27.3 Å². The fraction of sp³-hybridized carbons (Fsp3) is 0.526. The lowest BCUT2D eigenvalue weighted by Gasteiger charge is -2.22. The summed E-state index contributed by atoms with van der Waals surface area (Å²) in [6, 6.07) is -1.15. The van der Waals surface area contributed by atoms with Gasteiger partial charge in [-0.2, -0.15) is 13.2 Å². The number of alkyl halides is 3. The van der Waals surface area contributed by atoms with Crippen LogP contribution in [0.5, 0.6) is 0 Å². The van der Waals surface area contributed by atoms with Gasteiger partial charge in [0.25, 0.3) is 0 Å². The number of fused-ring (bicyclic) bond motifs is 1. The second-order valence-corrected chi connectivity index (χ2v) is 11.9. The number of pyridine rings is 1. The van der Waals surface area contributed by atoms with Gasteiger partial charge >= 0.3 is 12.2 Å². The highest BCUT2D eigenvalue weighted by atomic mass is 32.2. The predicted octanol–water partition coefficient (Wildman–Crippen LogP) is 4.25. The number of aromatic nitrogens is 2. The molecule has 0 fully saturated rings. The number of carbonyl (C=O) groups excluding carboxylic acids is 1. The van der Waals surface area contributed by atoms with Gasteiger partial charge in [0, 0.05) is 11.0 Å². The summed E-state index contributed by atoms with van der Waals surface area (Å²) in [7, 11) is -3.74. The lowest BCUT2D eigenvalue weighted by atomic mass is 9.90.